The smallest absolute Gasteiger partial charge is 0.0547 e. The van der Waals surface area contributed by atoms with Crippen molar-refractivity contribution in [1.82, 2.24) is 4.98 Å². The number of unbranched alkanes of at least 4 members (excludes halogenated alkanes) is 2. The maximum atomic E-state index is 11.2. The van der Waals surface area contributed by atoms with E-state index in [1.165, 1.54) is 0 Å². The van der Waals surface area contributed by atoms with Gasteiger partial charge in [-0.1, -0.05) is 60.3 Å². The second-order valence-electron chi connectivity index (χ2n) is 5.95. The number of carbonyl (C=O) groups is 1. The third kappa shape index (κ3) is 4.98. The number of halogens is 2. The van der Waals surface area contributed by atoms with Crippen LogP contribution in [0.4, 0.5) is 0 Å². The molecule has 1 N–H and O–H groups in total. The average Bonchev–Trinajstić information content (AvgIpc) is 2.95. The summed E-state index contributed by atoms with van der Waals surface area (Å²) in [5.41, 5.74) is 1.85. The minimum Gasteiger partial charge on any atom is -0.550 e. The fourth-order valence-corrected chi connectivity index (χ4v) is 3.91. The molecule has 0 aliphatic rings. The summed E-state index contributed by atoms with van der Waals surface area (Å²) in [5, 5.41) is 11.9. The molecule has 126 valence electrons. The Balaban J connectivity index is 2.19. The quantitative estimate of drug-likeness (QED) is 0.503. The molecular weight excluding hydrogens is 378 g/mol. The van der Waals surface area contributed by atoms with Crippen molar-refractivity contribution in [2.75, 3.05) is 0 Å². The number of para-hydroxylation sites is 1. The Labute approximate surface area is 150 Å². The third-order valence-electron chi connectivity index (χ3n) is 4.15. The van der Waals surface area contributed by atoms with Crippen molar-refractivity contribution in [3.8, 4) is 0 Å². The molecule has 0 amide bonds. The molecule has 0 bridgehead atoms. The van der Waals surface area contributed by atoms with Crippen LogP contribution in [0.15, 0.2) is 30.3 Å². The number of carboxylic acids is 1. The minimum absolute atomic E-state index is 0.0754. The van der Waals surface area contributed by atoms with Crippen LogP contribution in [0.1, 0.15) is 50.6 Å². The van der Waals surface area contributed by atoms with Crippen molar-refractivity contribution in [3.05, 3.63) is 36.0 Å². The van der Waals surface area contributed by atoms with Crippen molar-refractivity contribution in [1.29, 1.82) is 0 Å². The van der Waals surface area contributed by atoms with Crippen LogP contribution in [-0.4, -0.2) is 21.2 Å². The molecule has 3 atom stereocenters. The maximum Gasteiger partial charge on any atom is 0.0547 e. The van der Waals surface area contributed by atoms with E-state index in [0.29, 0.717) is 0 Å². The van der Waals surface area contributed by atoms with E-state index in [0.717, 1.165) is 42.3 Å². The molecule has 5 heteroatoms. The zero-order chi connectivity index (χ0) is 16.8. The summed E-state index contributed by atoms with van der Waals surface area (Å²) in [7, 11) is 0. The first-order valence-electron chi connectivity index (χ1n) is 8.08. The van der Waals surface area contributed by atoms with E-state index in [4.69, 9.17) is 11.6 Å². The molecule has 2 rings (SSSR count). The highest BCUT2D eigenvalue weighted by Crippen LogP contribution is 2.35. The van der Waals surface area contributed by atoms with Crippen molar-refractivity contribution >= 4 is 44.4 Å². The fourth-order valence-electron chi connectivity index (χ4n) is 2.87. The lowest BCUT2D eigenvalue weighted by molar-refractivity contribution is -0.306. The topological polar surface area (TPSA) is 55.9 Å². The standard InChI is InChI=1S/C18H23BrClNO2/c1-2-3-4-8-14(19)18(20)13(11-17(22)23)16-10-12-7-5-6-9-15(12)21-16/h5-7,9-10,13-14,18,21H,2-4,8,11H2,1H3,(H,22,23)/p-1. The summed E-state index contributed by atoms with van der Waals surface area (Å²) < 4.78 is 0. The average molecular weight is 400 g/mol. The zero-order valence-electron chi connectivity index (χ0n) is 13.2. The van der Waals surface area contributed by atoms with E-state index in [-0.39, 0.29) is 22.5 Å². The SMILES string of the molecule is CCCCCC(Br)C(Cl)C(CC(=O)[O-])c1cc2ccccc2[nH]1. The fraction of sp³-hybridized carbons (Fsp3) is 0.500. The largest absolute Gasteiger partial charge is 0.550 e. The number of alkyl halides is 2. The molecule has 0 aliphatic heterocycles. The van der Waals surface area contributed by atoms with Crippen molar-refractivity contribution < 1.29 is 9.90 Å². The van der Waals surface area contributed by atoms with Crippen LogP contribution < -0.4 is 5.11 Å². The Bertz CT molecular complexity index is 610. The number of H-pyrrole nitrogens is 1. The van der Waals surface area contributed by atoms with E-state index in [2.05, 4.69) is 27.8 Å². The predicted molar refractivity (Wildman–Crippen MR) is 97.2 cm³/mol. The van der Waals surface area contributed by atoms with Crippen molar-refractivity contribution in [2.45, 2.75) is 55.2 Å². The lowest BCUT2D eigenvalue weighted by Crippen LogP contribution is -2.31. The first-order valence-corrected chi connectivity index (χ1v) is 9.43. The Morgan fingerprint density at radius 1 is 1.35 bits per heavy atom. The molecule has 0 saturated heterocycles. The Morgan fingerprint density at radius 2 is 2.09 bits per heavy atom. The van der Waals surface area contributed by atoms with Gasteiger partial charge in [0.15, 0.2) is 0 Å². The molecule has 23 heavy (non-hydrogen) atoms. The molecule has 0 saturated carbocycles. The van der Waals surface area contributed by atoms with Gasteiger partial charge in [0.05, 0.1) is 5.38 Å². The van der Waals surface area contributed by atoms with Crippen LogP contribution in [0.5, 0.6) is 0 Å². The van der Waals surface area contributed by atoms with Gasteiger partial charge in [0.2, 0.25) is 0 Å². The second-order valence-corrected chi connectivity index (χ2v) is 7.63. The van der Waals surface area contributed by atoms with Crippen molar-refractivity contribution in [2.24, 2.45) is 0 Å². The van der Waals surface area contributed by atoms with Crippen LogP contribution in [-0.2, 0) is 4.79 Å². The zero-order valence-corrected chi connectivity index (χ0v) is 15.6. The summed E-state index contributed by atoms with van der Waals surface area (Å²) in [6, 6.07) is 9.88. The van der Waals surface area contributed by atoms with Crippen LogP contribution in [0.2, 0.25) is 0 Å². The van der Waals surface area contributed by atoms with E-state index < -0.39 is 5.97 Å². The van der Waals surface area contributed by atoms with Gasteiger partial charge in [0, 0.05) is 27.9 Å². The van der Waals surface area contributed by atoms with Gasteiger partial charge in [-0.3, -0.25) is 0 Å². The highest BCUT2D eigenvalue weighted by Gasteiger charge is 2.28. The predicted octanol–water partition coefficient (Wildman–Crippen LogP) is 4.34. The lowest BCUT2D eigenvalue weighted by atomic mass is 9.93. The van der Waals surface area contributed by atoms with E-state index in [9.17, 15) is 9.90 Å². The van der Waals surface area contributed by atoms with E-state index >= 15 is 0 Å². The molecular formula is C18H22BrClNO2-. The Kier molecular flexibility index (Phi) is 6.97. The van der Waals surface area contributed by atoms with Gasteiger partial charge in [-0.2, -0.15) is 0 Å². The highest BCUT2D eigenvalue weighted by molar-refractivity contribution is 9.09. The highest BCUT2D eigenvalue weighted by atomic mass is 79.9. The van der Waals surface area contributed by atoms with Gasteiger partial charge in [0.25, 0.3) is 0 Å². The summed E-state index contributed by atoms with van der Waals surface area (Å²) in [5.74, 6) is -1.38. The molecule has 2 aromatic rings. The molecule has 1 aromatic heterocycles. The number of aliphatic carboxylic acids is 1. The molecule has 0 aliphatic carbocycles. The number of hydrogen-bond acceptors (Lipinski definition) is 2. The van der Waals surface area contributed by atoms with Crippen LogP contribution in [0.3, 0.4) is 0 Å². The third-order valence-corrected chi connectivity index (χ3v) is 6.09. The van der Waals surface area contributed by atoms with Gasteiger partial charge in [0.1, 0.15) is 0 Å². The number of carbonyl (C=O) groups excluding carboxylic acids is 1. The number of rotatable bonds is 9. The number of benzene rings is 1. The molecule has 3 nitrogen and oxygen atoms in total. The number of fused-ring (bicyclic) bond motifs is 1. The molecule has 3 unspecified atom stereocenters. The minimum atomic E-state index is -1.08. The normalized spacial score (nSPS) is 15.4. The molecule has 1 aromatic carbocycles. The van der Waals surface area contributed by atoms with Crippen molar-refractivity contribution in [3.63, 3.8) is 0 Å². The number of aromatic amines is 1. The number of hydrogen-bond donors (Lipinski definition) is 1. The Hall–Kier alpha value is -1.00. The van der Waals surface area contributed by atoms with Crippen LogP contribution in [0, 0.1) is 0 Å². The molecule has 1 heterocycles. The van der Waals surface area contributed by atoms with Gasteiger partial charge < -0.3 is 14.9 Å². The lowest BCUT2D eigenvalue weighted by Gasteiger charge is -2.26. The molecule has 0 fully saturated rings. The number of aromatic nitrogens is 1. The van der Waals surface area contributed by atoms with Crippen LogP contribution >= 0.6 is 27.5 Å². The maximum absolute atomic E-state index is 11.2. The summed E-state index contributed by atoms with van der Waals surface area (Å²) in [6.45, 7) is 2.16. The van der Waals surface area contributed by atoms with Gasteiger partial charge in [-0.05, 0) is 30.4 Å². The Morgan fingerprint density at radius 3 is 2.74 bits per heavy atom. The monoisotopic (exact) mass is 398 g/mol. The van der Waals surface area contributed by atoms with Gasteiger partial charge in [-0.25, -0.2) is 0 Å². The summed E-state index contributed by atoms with van der Waals surface area (Å²) in [6.07, 6.45) is 4.24. The molecule has 0 radical (unpaired) electrons. The van der Waals surface area contributed by atoms with Gasteiger partial charge >= 0.3 is 0 Å². The first-order chi connectivity index (χ1) is 11.0. The first kappa shape index (κ1) is 18.3. The van der Waals surface area contributed by atoms with Crippen LogP contribution in [0.25, 0.3) is 10.9 Å². The van der Waals surface area contributed by atoms with E-state index in [1.807, 2.05) is 30.3 Å². The second kappa shape index (κ2) is 8.74. The van der Waals surface area contributed by atoms with Gasteiger partial charge in [-0.15, -0.1) is 11.6 Å². The summed E-state index contributed by atoms with van der Waals surface area (Å²) >= 11 is 10.3. The number of carboxylic acid groups (broad SMARTS) is 1. The summed E-state index contributed by atoms with van der Waals surface area (Å²) in [4.78, 5) is 14.6. The number of nitrogens with one attached hydrogen (secondary N) is 1. The molecule has 0 spiro atoms. The van der Waals surface area contributed by atoms with E-state index in [1.54, 1.807) is 0 Å².